The van der Waals surface area contributed by atoms with Gasteiger partial charge in [0, 0.05) is 36.5 Å². The van der Waals surface area contributed by atoms with Gasteiger partial charge in [0.05, 0.1) is 6.54 Å². The number of fused-ring (bicyclic) bond motifs is 1. The van der Waals surface area contributed by atoms with Crippen molar-refractivity contribution in [3.63, 3.8) is 0 Å². The molecule has 6 nitrogen and oxygen atoms in total. The Morgan fingerprint density at radius 1 is 0.857 bits per heavy atom. The van der Waals surface area contributed by atoms with Gasteiger partial charge in [-0.1, -0.05) is 50.2 Å². The minimum atomic E-state index is 0.621. The fraction of sp³-hybridized carbons (Fsp3) is 0.273. The number of hydrogen-bond acceptors (Lipinski definition) is 6. The highest BCUT2D eigenvalue weighted by Gasteiger charge is 2.11. The van der Waals surface area contributed by atoms with Gasteiger partial charge in [-0.3, -0.25) is 4.90 Å². The van der Waals surface area contributed by atoms with E-state index in [1.165, 1.54) is 10.8 Å². The summed E-state index contributed by atoms with van der Waals surface area (Å²) in [7, 11) is 0. The normalized spacial score (nSPS) is 11.4. The van der Waals surface area contributed by atoms with Crippen LogP contribution in [0.1, 0.15) is 31.2 Å². The van der Waals surface area contributed by atoms with Crippen LogP contribution in [0.5, 0.6) is 0 Å². The molecule has 0 aliphatic rings. The predicted octanol–water partition coefficient (Wildman–Crippen LogP) is 4.26. The van der Waals surface area contributed by atoms with Crippen LogP contribution in [0.15, 0.2) is 59.3 Å². The van der Waals surface area contributed by atoms with Crippen molar-refractivity contribution >= 4 is 10.8 Å². The second-order valence-electron chi connectivity index (χ2n) is 6.72. The van der Waals surface area contributed by atoms with E-state index < -0.39 is 0 Å². The summed E-state index contributed by atoms with van der Waals surface area (Å²) in [6, 6.07) is 14.6. The van der Waals surface area contributed by atoms with Crippen LogP contribution in [-0.2, 0) is 19.5 Å². The monoisotopic (exact) mass is 373 g/mol. The smallest absolute Gasteiger partial charge is 0.230 e. The van der Waals surface area contributed by atoms with Crippen molar-refractivity contribution in [2.24, 2.45) is 0 Å². The van der Waals surface area contributed by atoms with Crippen molar-refractivity contribution in [2.45, 2.75) is 33.4 Å². The molecule has 2 aromatic heterocycles. The molecule has 2 aromatic carbocycles. The second kappa shape index (κ2) is 8.27. The van der Waals surface area contributed by atoms with Crippen LogP contribution in [0.4, 0.5) is 0 Å². The van der Waals surface area contributed by atoms with Crippen LogP contribution >= 0.6 is 0 Å². The van der Waals surface area contributed by atoms with Gasteiger partial charge in [-0.15, -0.1) is 10.2 Å². The van der Waals surface area contributed by atoms with Crippen LogP contribution in [-0.4, -0.2) is 31.6 Å². The zero-order valence-electron chi connectivity index (χ0n) is 16.2. The Balaban J connectivity index is 1.46. The van der Waals surface area contributed by atoms with E-state index in [0.717, 1.165) is 36.5 Å². The highest BCUT2D eigenvalue weighted by Crippen LogP contribution is 2.22. The number of benzene rings is 2. The number of rotatable bonds is 7. The molecule has 0 amide bonds. The third kappa shape index (κ3) is 4.07. The van der Waals surface area contributed by atoms with Gasteiger partial charge in [0.2, 0.25) is 11.8 Å². The zero-order valence-corrected chi connectivity index (χ0v) is 16.2. The number of nitrogens with zero attached hydrogens (tertiary/aromatic N) is 5. The summed E-state index contributed by atoms with van der Waals surface area (Å²) >= 11 is 0. The van der Waals surface area contributed by atoms with Crippen LogP contribution in [0.25, 0.3) is 22.2 Å². The molecule has 0 fully saturated rings. The number of aromatic nitrogens is 4. The molecule has 0 saturated carbocycles. The average Bonchev–Trinajstić information content (AvgIpc) is 3.21. The lowest BCUT2D eigenvalue weighted by molar-refractivity contribution is 0.239. The van der Waals surface area contributed by atoms with Gasteiger partial charge in [0.15, 0.2) is 5.82 Å². The van der Waals surface area contributed by atoms with Gasteiger partial charge in [0.1, 0.15) is 0 Å². The Hall–Kier alpha value is -3.12. The first-order valence-electron chi connectivity index (χ1n) is 9.59. The molecule has 2 heterocycles. The molecular weight excluding hydrogens is 350 g/mol. The fourth-order valence-corrected chi connectivity index (χ4v) is 3.14. The van der Waals surface area contributed by atoms with Crippen LogP contribution in [0, 0.1) is 0 Å². The summed E-state index contributed by atoms with van der Waals surface area (Å²) in [6.07, 6.45) is 4.54. The first kappa shape index (κ1) is 18.3. The van der Waals surface area contributed by atoms with Gasteiger partial charge in [-0.05, 0) is 23.4 Å². The number of hydrogen-bond donors (Lipinski definition) is 0. The van der Waals surface area contributed by atoms with E-state index in [9.17, 15) is 0 Å². The Morgan fingerprint density at radius 3 is 2.32 bits per heavy atom. The maximum absolute atomic E-state index is 5.62. The maximum Gasteiger partial charge on any atom is 0.230 e. The summed E-state index contributed by atoms with van der Waals surface area (Å²) in [5.74, 6) is 2.06. The van der Waals surface area contributed by atoms with Gasteiger partial charge < -0.3 is 4.42 Å². The lowest BCUT2D eigenvalue weighted by atomic mass is 10.1. The van der Waals surface area contributed by atoms with E-state index in [-0.39, 0.29) is 0 Å². The van der Waals surface area contributed by atoms with E-state index in [2.05, 4.69) is 62.3 Å². The molecule has 0 bridgehead atoms. The van der Waals surface area contributed by atoms with E-state index in [1.807, 2.05) is 31.5 Å². The summed E-state index contributed by atoms with van der Waals surface area (Å²) < 4.78 is 5.62. The minimum Gasteiger partial charge on any atom is -0.424 e. The standard InChI is InChI=1S/C22H23N5O/c1-3-20-25-26-21(28-20)15-27(4-2)14-16-12-23-22(24-13-16)19-10-9-17-7-5-6-8-18(17)11-19/h5-13H,3-4,14-15H2,1-2H3. The fourth-order valence-electron chi connectivity index (χ4n) is 3.14. The van der Waals surface area contributed by atoms with Crippen molar-refractivity contribution < 1.29 is 4.42 Å². The lowest BCUT2D eigenvalue weighted by Crippen LogP contribution is -2.22. The van der Waals surface area contributed by atoms with E-state index in [4.69, 9.17) is 4.42 Å². The molecule has 28 heavy (non-hydrogen) atoms. The van der Waals surface area contributed by atoms with Gasteiger partial charge in [-0.25, -0.2) is 9.97 Å². The molecule has 0 radical (unpaired) electrons. The van der Waals surface area contributed by atoms with Crippen molar-refractivity contribution in [2.75, 3.05) is 6.54 Å². The Kier molecular flexibility index (Phi) is 5.39. The summed E-state index contributed by atoms with van der Waals surface area (Å²) in [5.41, 5.74) is 2.08. The van der Waals surface area contributed by atoms with E-state index in [0.29, 0.717) is 18.3 Å². The third-order valence-corrected chi connectivity index (χ3v) is 4.74. The molecule has 0 spiro atoms. The topological polar surface area (TPSA) is 67.9 Å². The van der Waals surface area contributed by atoms with Crippen LogP contribution < -0.4 is 0 Å². The third-order valence-electron chi connectivity index (χ3n) is 4.74. The largest absolute Gasteiger partial charge is 0.424 e. The molecular formula is C22H23N5O. The minimum absolute atomic E-state index is 0.621. The molecule has 6 heteroatoms. The summed E-state index contributed by atoms with van der Waals surface area (Å²) in [4.78, 5) is 11.4. The highest BCUT2D eigenvalue weighted by atomic mass is 16.4. The average molecular weight is 373 g/mol. The molecule has 0 atom stereocenters. The maximum atomic E-state index is 5.62. The van der Waals surface area contributed by atoms with Crippen molar-refractivity contribution in [1.29, 1.82) is 0 Å². The van der Waals surface area contributed by atoms with E-state index >= 15 is 0 Å². The quantitative estimate of drug-likeness (QED) is 0.482. The molecule has 142 valence electrons. The van der Waals surface area contributed by atoms with Crippen molar-refractivity contribution in [1.82, 2.24) is 25.1 Å². The first-order chi connectivity index (χ1) is 13.7. The molecule has 0 unspecified atom stereocenters. The number of aryl methyl sites for hydroxylation is 1. The molecule has 0 aliphatic heterocycles. The Bertz CT molecular complexity index is 1060. The van der Waals surface area contributed by atoms with Crippen LogP contribution in [0.3, 0.4) is 0 Å². The second-order valence-corrected chi connectivity index (χ2v) is 6.72. The van der Waals surface area contributed by atoms with Gasteiger partial charge in [0.25, 0.3) is 0 Å². The zero-order chi connectivity index (χ0) is 19.3. The molecule has 0 aliphatic carbocycles. The molecule has 0 N–H and O–H groups in total. The Morgan fingerprint density at radius 2 is 1.61 bits per heavy atom. The van der Waals surface area contributed by atoms with Crippen molar-refractivity contribution in [3.05, 3.63) is 72.2 Å². The highest BCUT2D eigenvalue weighted by molar-refractivity contribution is 5.86. The van der Waals surface area contributed by atoms with Crippen LogP contribution in [0.2, 0.25) is 0 Å². The SMILES string of the molecule is CCc1nnc(CN(CC)Cc2cnc(-c3ccc4ccccc4c3)nc2)o1. The Labute approximate surface area is 164 Å². The first-order valence-corrected chi connectivity index (χ1v) is 9.59. The molecule has 0 saturated heterocycles. The molecule has 4 rings (SSSR count). The van der Waals surface area contributed by atoms with Gasteiger partial charge in [-0.2, -0.15) is 0 Å². The lowest BCUT2D eigenvalue weighted by Gasteiger charge is -2.18. The van der Waals surface area contributed by atoms with Crippen molar-refractivity contribution in [3.8, 4) is 11.4 Å². The molecule has 4 aromatic rings. The predicted molar refractivity (Wildman–Crippen MR) is 108 cm³/mol. The van der Waals surface area contributed by atoms with E-state index in [1.54, 1.807) is 0 Å². The van der Waals surface area contributed by atoms with Gasteiger partial charge >= 0.3 is 0 Å². The summed E-state index contributed by atoms with van der Waals surface area (Å²) in [6.45, 7) is 6.34. The summed E-state index contributed by atoms with van der Waals surface area (Å²) in [5, 5.41) is 10.5.